The number of alkyl carbamates (subject to hydrolysis) is 1. The van der Waals surface area contributed by atoms with Gasteiger partial charge in [0.2, 0.25) is 5.91 Å². The van der Waals surface area contributed by atoms with E-state index in [1.165, 1.54) is 19.2 Å². The van der Waals surface area contributed by atoms with Crippen LogP contribution in [-0.4, -0.2) is 19.0 Å². The van der Waals surface area contributed by atoms with Crippen molar-refractivity contribution in [2.24, 2.45) is 0 Å². The maximum absolute atomic E-state index is 13.6. The van der Waals surface area contributed by atoms with E-state index in [-0.39, 0.29) is 24.6 Å². The number of carbonyl (C=O) groups is 2. The molecule has 2 N–H and O–H groups in total. The van der Waals surface area contributed by atoms with Crippen LogP contribution in [0.15, 0.2) is 18.2 Å². The summed E-state index contributed by atoms with van der Waals surface area (Å²) in [5, 5.41) is 4.71. The summed E-state index contributed by atoms with van der Waals surface area (Å²) < 4.78 is 18.4. The lowest BCUT2D eigenvalue weighted by molar-refractivity contribution is -0.115. The Balaban J connectivity index is 2.67. The van der Waals surface area contributed by atoms with Gasteiger partial charge in [-0.3, -0.25) is 4.79 Å². The van der Waals surface area contributed by atoms with E-state index in [2.05, 4.69) is 10.6 Å². The average Bonchev–Trinajstić information content (AvgIpc) is 2.38. The summed E-state index contributed by atoms with van der Waals surface area (Å²) in [5.41, 5.74) is 0.621. The quantitative estimate of drug-likeness (QED) is 0.863. The van der Waals surface area contributed by atoms with Crippen LogP contribution in [0.25, 0.3) is 0 Å². The number of anilines is 1. The first-order chi connectivity index (χ1) is 8.56. The van der Waals surface area contributed by atoms with Crippen molar-refractivity contribution in [2.45, 2.75) is 20.0 Å². The van der Waals surface area contributed by atoms with Crippen molar-refractivity contribution in [3.05, 3.63) is 29.6 Å². The van der Waals surface area contributed by atoms with Gasteiger partial charge in [0.15, 0.2) is 0 Å². The number of hydrogen-bond donors (Lipinski definition) is 2. The van der Waals surface area contributed by atoms with E-state index in [4.69, 9.17) is 4.74 Å². The van der Waals surface area contributed by atoms with Gasteiger partial charge < -0.3 is 15.4 Å². The molecule has 1 rings (SSSR count). The summed E-state index contributed by atoms with van der Waals surface area (Å²) in [5.74, 6) is -0.821. The van der Waals surface area contributed by atoms with E-state index >= 15 is 0 Å². The normalized spacial score (nSPS) is 9.72. The fourth-order valence-corrected chi connectivity index (χ4v) is 1.21. The number of nitrogens with one attached hydrogen (secondary N) is 2. The molecule has 1 aromatic carbocycles. The van der Waals surface area contributed by atoms with Gasteiger partial charge in [-0.2, -0.15) is 0 Å². The highest BCUT2D eigenvalue weighted by Crippen LogP contribution is 2.16. The minimum atomic E-state index is -0.584. The second-order valence-electron chi connectivity index (χ2n) is 3.54. The molecule has 5 nitrogen and oxygen atoms in total. The number of benzene rings is 1. The second-order valence-corrected chi connectivity index (χ2v) is 3.54. The second kappa shape index (κ2) is 6.58. The van der Waals surface area contributed by atoms with E-state index in [0.29, 0.717) is 5.56 Å². The van der Waals surface area contributed by atoms with Gasteiger partial charge in [-0.1, -0.05) is 13.0 Å². The Morgan fingerprint density at radius 2 is 2.11 bits per heavy atom. The lowest BCUT2D eigenvalue weighted by Gasteiger charge is -2.08. The van der Waals surface area contributed by atoms with Gasteiger partial charge in [-0.05, 0) is 17.7 Å². The minimum absolute atomic E-state index is 0.0292. The molecule has 0 aromatic heterocycles. The smallest absolute Gasteiger partial charge is 0.407 e. The van der Waals surface area contributed by atoms with Crippen molar-refractivity contribution in [3.63, 3.8) is 0 Å². The zero-order chi connectivity index (χ0) is 13.5. The summed E-state index contributed by atoms with van der Waals surface area (Å²) in [7, 11) is 1.44. The predicted molar refractivity (Wildman–Crippen MR) is 64.6 cm³/mol. The van der Waals surface area contributed by atoms with Gasteiger partial charge >= 0.3 is 6.09 Å². The third-order valence-corrected chi connectivity index (χ3v) is 2.20. The van der Waals surface area contributed by atoms with Crippen LogP contribution in [0.1, 0.15) is 18.9 Å². The van der Waals surface area contributed by atoms with Crippen LogP contribution in [0.3, 0.4) is 0 Å². The number of rotatable bonds is 4. The van der Waals surface area contributed by atoms with Crippen molar-refractivity contribution in [1.29, 1.82) is 0 Å². The summed E-state index contributed by atoms with van der Waals surface area (Å²) in [6, 6.07) is 4.23. The van der Waals surface area contributed by atoms with E-state index in [0.717, 1.165) is 0 Å². The highest BCUT2D eigenvalue weighted by molar-refractivity contribution is 5.90. The Morgan fingerprint density at radius 3 is 2.67 bits per heavy atom. The van der Waals surface area contributed by atoms with Crippen molar-refractivity contribution in [3.8, 4) is 0 Å². The summed E-state index contributed by atoms with van der Waals surface area (Å²) >= 11 is 0. The summed E-state index contributed by atoms with van der Waals surface area (Å²) in [6.07, 6.45) is -0.306. The highest BCUT2D eigenvalue weighted by atomic mass is 19.1. The Kier molecular flexibility index (Phi) is 5.10. The first kappa shape index (κ1) is 14.0. The van der Waals surface area contributed by atoms with Crippen LogP contribution in [0.4, 0.5) is 14.9 Å². The molecule has 0 aliphatic heterocycles. The van der Waals surface area contributed by atoms with Crippen molar-refractivity contribution in [2.75, 3.05) is 12.4 Å². The first-order valence-electron chi connectivity index (χ1n) is 5.49. The molecule has 0 heterocycles. The number of ether oxygens (including phenoxy) is 1. The van der Waals surface area contributed by atoms with Gasteiger partial charge in [0.25, 0.3) is 0 Å². The van der Waals surface area contributed by atoms with Crippen molar-refractivity contribution in [1.82, 2.24) is 5.32 Å². The van der Waals surface area contributed by atoms with Gasteiger partial charge in [-0.25, -0.2) is 9.18 Å². The molecule has 0 bridgehead atoms. The van der Waals surface area contributed by atoms with E-state index < -0.39 is 11.9 Å². The lowest BCUT2D eigenvalue weighted by atomic mass is 10.2. The number of amides is 2. The van der Waals surface area contributed by atoms with Crippen molar-refractivity contribution >= 4 is 17.7 Å². The van der Waals surface area contributed by atoms with E-state index in [9.17, 15) is 14.0 Å². The summed E-state index contributed by atoms with van der Waals surface area (Å²) in [6.45, 7) is 1.65. The predicted octanol–water partition coefficient (Wildman–Crippen LogP) is 2.03. The van der Waals surface area contributed by atoms with E-state index in [1.807, 2.05) is 0 Å². The molecule has 0 unspecified atom stereocenters. The van der Waals surface area contributed by atoms with Crippen LogP contribution in [0.5, 0.6) is 0 Å². The van der Waals surface area contributed by atoms with Crippen LogP contribution >= 0.6 is 0 Å². The zero-order valence-corrected chi connectivity index (χ0v) is 10.2. The standard InChI is InChI=1S/C12H15FN2O3/c1-3-11(16)15-10-5-4-8(6-9(10)13)7-18-12(17)14-2/h4-6H,3,7H2,1-2H3,(H,14,17)(H,15,16). The average molecular weight is 254 g/mol. The monoisotopic (exact) mass is 254 g/mol. The Morgan fingerprint density at radius 1 is 1.39 bits per heavy atom. The van der Waals surface area contributed by atoms with Crippen LogP contribution in [0, 0.1) is 5.82 Å². The molecular formula is C12H15FN2O3. The van der Waals surface area contributed by atoms with Crippen LogP contribution in [0.2, 0.25) is 0 Å². The molecule has 18 heavy (non-hydrogen) atoms. The molecule has 0 saturated heterocycles. The van der Waals surface area contributed by atoms with Gasteiger partial charge in [0.1, 0.15) is 12.4 Å². The molecule has 0 aliphatic rings. The molecule has 0 radical (unpaired) electrons. The maximum atomic E-state index is 13.6. The number of carbonyl (C=O) groups excluding carboxylic acids is 2. The Hall–Kier alpha value is -2.11. The van der Waals surface area contributed by atoms with Crippen LogP contribution < -0.4 is 10.6 Å². The summed E-state index contributed by atoms with van der Waals surface area (Å²) in [4.78, 5) is 22.0. The Labute approximate surface area is 104 Å². The first-order valence-corrected chi connectivity index (χ1v) is 5.49. The molecule has 6 heteroatoms. The fourth-order valence-electron chi connectivity index (χ4n) is 1.21. The molecule has 1 aromatic rings. The number of halogens is 1. The zero-order valence-electron chi connectivity index (χ0n) is 10.2. The Bertz CT molecular complexity index is 449. The molecular weight excluding hydrogens is 239 g/mol. The largest absolute Gasteiger partial charge is 0.445 e. The molecule has 0 spiro atoms. The number of hydrogen-bond acceptors (Lipinski definition) is 3. The van der Waals surface area contributed by atoms with Crippen LogP contribution in [-0.2, 0) is 16.1 Å². The molecule has 2 amide bonds. The molecule has 0 atom stereocenters. The lowest BCUT2D eigenvalue weighted by Crippen LogP contribution is -2.19. The SMILES string of the molecule is CCC(=O)Nc1ccc(COC(=O)NC)cc1F. The fraction of sp³-hybridized carbons (Fsp3) is 0.333. The third kappa shape index (κ3) is 4.04. The van der Waals surface area contributed by atoms with Gasteiger partial charge in [0, 0.05) is 13.5 Å². The third-order valence-electron chi connectivity index (χ3n) is 2.20. The minimum Gasteiger partial charge on any atom is -0.445 e. The van der Waals surface area contributed by atoms with E-state index in [1.54, 1.807) is 13.0 Å². The van der Waals surface area contributed by atoms with Gasteiger partial charge in [-0.15, -0.1) is 0 Å². The van der Waals surface area contributed by atoms with Crippen molar-refractivity contribution < 1.29 is 18.7 Å². The highest BCUT2D eigenvalue weighted by Gasteiger charge is 2.07. The molecule has 0 saturated carbocycles. The van der Waals surface area contributed by atoms with Gasteiger partial charge in [0.05, 0.1) is 5.69 Å². The topological polar surface area (TPSA) is 67.4 Å². The maximum Gasteiger partial charge on any atom is 0.407 e. The molecule has 0 fully saturated rings. The molecule has 0 aliphatic carbocycles. The molecule has 98 valence electrons.